The Balaban J connectivity index is 2.55. The number of nitrogens with zero attached hydrogens (tertiary/aromatic N) is 2. The van der Waals surface area contributed by atoms with Gasteiger partial charge in [-0.2, -0.15) is 4.31 Å². The summed E-state index contributed by atoms with van der Waals surface area (Å²) in [4.78, 5) is 2.19. The van der Waals surface area contributed by atoms with Gasteiger partial charge in [0, 0.05) is 31.6 Å². The zero-order valence-corrected chi connectivity index (χ0v) is 9.49. The van der Waals surface area contributed by atoms with Crippen LogP contribution in [0.4, 0.5) is 0 Å². The molecule has 0 aromatic carbocycles. The molecular weight excluding hydrogens is 203 g/mol. The molecule has 4 nitrogen and oxygen atoms in total. The van der Waals surface area contributed by atoms with Crippen LogP contribution in [0.3, 0.4) is 0 Å². The van der Waals surface area contributed by atoms with E-state index in [9.17, 15) is 8.42 Å². The molecule has 1 heterocycles. The Labute approximate surface area is 87.7 Å². The van der Waals surface area contributed by atoms with E-state index in [1.54, 1.807) is 0 Å². The molecule has 72 valence electrons. The molecule has 0 atom stereocenters. The summed E-state index contributed by atoms with van der Waals surface area (Å²) >= 11 is 2.64. The van der Waals surface area contributed by atoms with Crippen molar-refractivity contribution in [3.05, 3.63) is 12.0 Å². The summed E-state index contributed by atoms with van der Waals surface area (Å²) in [6, 6.07) is 0. The molecule has 1 rings (SSSR count). The maximum Gasteiger partial charge on any atom is 0.235 e. The van der Waals surface area contributed by atoms with Crippen molar-refractivity contribution in [1.82, 2.24) is 9.21 Å². The molecule has 0 aliphatic carbocycles. The smallest absolute Gasteiger partial charge is 0.235 e. The van der Waals surface area contributed by atoms with Crippen LogP contribution in [0.25, 0.3) is 0 Å². The minimum absolute atomic E-state index is 0.572. The largest absolute Gasteiger partial charge is 0.316 e. The highest BCUT2D eigenvalue weighted by molar-refractivity contribution is 7.92. The third kappa shape index (κ3) is 2.79. The number of piperazine rings is 1. The molecule has 0 aromatic rings. The maximum absolute atomic E-state index is 11.3. The highest BCUT2D eigenvalue weighted by Crippen LogP contribution is 2.07. The zero-order valence-electron chi connectivity index (χ0n) is 7.52. The van der Waals surface area contributed by atoms with E-state index < -0.39 is 10.0 Å². The fraction of sp³-hybridized carbons (Fsp3) is 0.714. The quantitative estimate of drug-likeness (QED) is 0.580. The van der Waals surface area contributed by atoms with Crippen LogP contribution >= 0.6 is 0 Å². The van der Waals surface area contributed by atoms with Gasteiger partial charge in [-0.15, -0.1) is 0 Å². The van der Waals surface area contributed by atoms with Crippen molar-refractivity contribution >= 4 is 26.3 Å². The van der Waals surface area contributed by atoms with Gasteiger partial charge in [0.1, 0.15) is 16.3 Å². The van der Waals surface area contributed by atoms with E-state index in [2.05, 4.69) is 27.8 Å². The summed E-state index contributed by atoms with van der Waals surface area (Å²) in [6.45, 7) is 6.05. The van der Waals surface area contributed by atoms with Gasteiger partial charge in [0.15, 0.2) is 0 Å². The van der Waals surface area contributed by atoms with Crippen LogP contribution in [0.2, 0.25) is 0 Å². The number of hydrogen-bond donors (Lipinski definition) is 0. The first-order valence-electron chi connectivity index (χ1n) is 4.15. The molecule has 0 spiro atoms. The lowest BCUT2D eigenvalue weighted by Gasteiger charge is -2.32. The Morgan fingerprint density at radius 2 is 1.85 bits per heavy atom. The van der Waals surface area contributed by atoms with E-state index >= 15 is 0 Å². The third-order valence-corrected chi connectivity index (χ3v) is 4.18. The molecule has 0 N–H and O–H groups in total. The molecular formula is C7H13AlN2O2S. The monoisotopic (exact) mass is 216 g/mol. The average Bonchev–Trinajstić information content (AvgIpc) is 2.18. The van der Waals surface area contributed by atoms with E-state index in [0.29, 0.717) is 13.1 Å². The molecule has 1 aliphatic heterocycles. The second-order valence-electron chi connectivity index (χ2n) is 2.91. The van der Waals surface area contributed by atoms with Crippen LogP contribution in [-0.4, -0.2) is 65.5 Å². The van der Waals surface area contributed by atoms with Crippen molar-refractivity contribution < 1.29 is 8.42 Å². The normalized spacial score (nSPS) is 21.5. The van der Waals surface area contributed by atoms with Crippen LogP contribution < -0.4 is 0 Å². The fourth-order valence-electron chi connectivity index (χ4n) is 1.27. The first-order chi connectivity index (χ1) is 6.10. The lowest BCUT2D eigenvalue weighted by molar-refractivity contribution is 0.214. The number of rotatable bonds is 3. The predicted molar refractivity (Wildman–Crippen MR) is 52.9 cm³/mol. The maximum atomic E-state index is 11.3. The minimum atomic E-state index is -3.19. The van der Waals surface area contributed by atoms with Gasteiger partial charge in [0.25, 0.3) is 0 Å². The lowest BCUT2D eigenvalue weighted by atomic mass is 10.4. The Bertz CT molecular complexity index is 270. The SMILES string of the molecule is C=CS(=O)(=O)N1CCN([CH2][Al])CC1. The van der Waals surface area contributed by atoms with Gasteiger partial charge in [-0.25, -0.2) is 8.42 Å². The molecule has 0 unspecified atom stereocenters. The molecule has 13 heavy (non-hydrogen) atoms. The first-order valence-corrected chi connectivity index (χ1v) is 6.47. The molecule has 6 heteroatoms. The number of hydrogen-bond acceptors (Lipinski definition) is 3. The zero-order chi connectivity index (χ0) is 9.90. The summed E-state index contributed by atoms with van der Waals surface area (Å²) in [5, 5.41) is 1.92. The Hall–Kier alpha value is 0.142. The molecule has 1 saturated heterocycles. The second kappa shape index (κ2) is 4.58. The highest BCUT2D eigenvalue weighted by atomic mass is 32.2. The molecule has 0 saturated carbocycles. The highest BCUT2D eigenvalue weighted by Gasteiger charge is 2.23. The van der Waals surface area contributed by atoms with Gasteiger partial charge < -0.3 is 4.90 Å². The Morgan fingerprint density at radius 3 is 2.23 bits per heavy atom. The molecule has 2 radical (unpaired) electrons. The van der Waals surface area contributed by atoms with Gasteiger partial charge in [-0.1, -0.05) is 12.0 Å². The Kier molecular flexibility index (Phi) is 3.95. The summed E-state index contributed by atoms with van der Waals surface area (Å²) in [5.41, 5.74) is 0. The Morgan fingerprint density at radius 1 is 1.31 bits per heavy atom. The van der Waals surface area contributed by atoms with Crippen molar-refractivity contribution in [3.63, 3.8) is 0 Å². The van der Waals surface area contributed by atoms with Gasteiger partial charge in [-0.05, 0) is 0 Å². The van der Waals surface area contributed by atoms with Gasteiger partial charge in [0.2, 0.25) is 10.0 Å². The summed E-state index contributed by atoms with van der Waals surface area (Å²) in [5.74, 6) is 0. The van der Waals surface area contributed by atoms with E-state index in [1.165, 1.54) is 4.31 Å². The summed E-state index contributed by atoms with van der Waals surface area (Å²) in [6.07, 6.45) is 0. The minimum Gasteiger partial charge on any atom is -0.316 e. The molecule has 1 aliphatic rings. The molecule has 0 aromatic heterocycles. The van der Waals surface area contributed by atoms with Crippen molar-refractivity contribution in [2.45, 2.75) is 0 Å². The van der Waals surface area contributed by atoms with E-state index in [0.717, 1.165) is 23.9 Å². The molecule has 1 fully saturated rings. The third-order valence-electron chi connectivity index (χ3n) is 2.16. The van der Waals surface area contributed by atoms with E-state index in [-0.39, 0.29) is 0 Å². The van der Waals surface area contributed by atoms with Gasteiger partial charge in [-0.3, -0.25) is 0 Å². The molecule has 0 bridgehead atoms. The predicted octanol–water partition coefficient (Wildman–Crippen LogP) is -0.797. The topological polar surface area (TPSA) is 40.6 Å². The fourth-order valence-corrected chi connectivity index (χ4v) is 2.52. The van der Waals surface area contributed by atoms with Crippen LogP contribution in [0.1, 0.15) is 0 Å². The van der Waals surface area contributed by atoms with Crippen molar-refractivity contribution in [3.8, 4) is 0 Å². The first kappa shape index (κ1) is 11.2. The number of sulfonamides is 1. The van der Waals surface area contributed by atoms with Crippen LogP contribution in [0, 0.1) is 0 Å². The van der Waals surface area contributed by atoms with Gasteiger partial charge in [0.05, 0.1) is 0 Å². The second-order valence-corrected chi connectivity index (χ2v) is 5.16. The van der Waals surface area contributed by atoms with E-state index in [4.69, 9.17) is 0 Å². The lowest BCUT2D eigenvalue weighted by Crippen LogP contribution is -2.48. The van der Waals surface area contributed by atoms with Crippen molar-refractivity contribution in [1.29, 1.82) is 0 Å². The van der Waals surface area contributed by atoms with Crippen LogP contribution in [-0.2, 0) is 10.0 Å². The standard InChI is InChI=1S/C7H13N2O2S.Al/c1-3-12(10,11)9-6-4-8(2)5-7-9;/h3H,1-2,4-7H2;. The molecule has 0 amide bonds. The average molecular weight is 216 g/mol. The van der Waals surface area contributed by atoms with Crippen molar-refractivity contribution in [2.24, 2.45) is 0 Å². The van der Waals surface area contributed by atoms with E-state index in [1.807, 2.05) is 0 Å². The summed E-state index contributed by atoms with van der Waals surface area (Å²) < 4.78 is 24.1. The van der Waals surface area contributed by atoms with Gasteiger partial charge >= 0.3 is 0 Å². The van der Waals surface area contributed by atoms with Crippen LogP contribution in [0.15, 0.2) is 12.0 Å². The van der Waals surface area contributed by atoms with Crippen molar-refractivity contribution in [2.75, 3.05) is 31.6 Å². The summed E-state index contributed by atoms with van der Waals surface area (Å²) in [7, 11) is -3.19. The van der Waals surface area contributed by atoms with Crippen LogP contribution in [0.5, 0.6) is 0 Å².